The normalized spacial score (nSPS) is 12.3. The second kappa shape index (κ2) is 6.31. The molecular weight excluding hydrogens is 240 g/mol. The smallest absolute Gasteiger partial charge is 0.255 e. The summed E-state index contributed by atoms with van der Waals surface area (Å²) in [5, 5.41) is 0. The number of ether oxygens (including phenoxy) is 1. The molecule has 4 nitrogen and oxygen atoms in total. The van der Waals surface area contributed by atoms with E-state index in [-0.39, 0.29) is 5.56 Å². The van der Waals surface area contributed by atoms with E-state index in [1.807, 2.05) is 36.4 Å². The van der Waals surface area contributed by atoms with Gasteiger partial charge in [0.1, 0.15) is 0 Å². The monoisotopic (exact) mass is 258 g/mol. The van der Waals surface area contributed by atoms with Gasteiger partial charge in [0.15, 0.2) is 0 Å². The number of hydrogen-bond donors (Lipinski definition) is 1. The highest BCUT2D eigenvalue weighted by molar-refractivity contribution is 5.29. The first-order valence-electron chi connectivity index (χ1n) is 6.23. The van der Waals surface area contributed by atoms with E-state index >= 15 is 0 Å². The van der Waals surface area contributed by atoms with Crippen molar-refractivity contribution in [3.05, 3.63) is 70.1 Å². The quantitative estimate of drug-likeness (QED) is 0.885. The van der Waals surface area contributed by atoms with E-state index in [0.717, 1.165) is 5.56 Å². The number of aromatic nitrogens is 1. The lowest BCUT2D eigenvalue weighted by Crippen LogP contribution is -2.29. The van der Waals surface area contributed by atoms with Crippen LogP contribution in [0.4, 0.5) is 0 Å². The van der Waals surface area contributed by atoms with Crippen molar-refractivity contribution in [3.8, 4) is 0 Å². The summed E-state index contributed by atoms with van der Waals surface area (Å²) in [7, 11) is 1.62. The first-order valence-corrected chi connectivity index (χ1v) is 6.23. The summed E-state index contributed by atoms with van der Waals surface area (Å²) >= 11 is 0. The van der Waals surface area contributed by atoms with Crippen molar-refractivity contribution in [1.82, 2.24) is 4.57 Å². The third kappa shape index (κ3) is 3.10. The Morgan fingerprint density at radius 3 is 2.63 bits per heavy atom. The Bertz CT molecular complexity index is 578. The minimum atomic E-state index is -0.399. The molecular formula is C15H18N2O2. The van der Waals surface area contributed by atoms with E-state index in [2.05, 4.69) is 0 Å². The Morgan fingerprint density at radius 1 is 1.21 bits per heavy atom. The highest BCUT2D eigenvalue weighted by Crippen LogP contribution is 2.15. The fourth-order valence-corrected chi connectivity index (χ4v) is 2.00. The zero-order valence-electron chi connectivity index (χ0n) is 11.0. The van der Waals surface area contributed by atoms with Gasteiger partial charge in [-0.05, 0) is 11.6 Å². The summed E-state index contributed by atoms with van der Waals surface area (Å²) in [5.74, 6) is 0. The molecule has 0 saturated carbocycles. The number of rotatable bonds is 5. The minimum Gasteiger partial charge on any atom is -0.383 e. The zero-order valence-corrected chi connectivity index (χ0v) is 11.0. The molecule has 0 saturated heterocycles. The molecule has 1 aromatic heterocycles. The molecule has 2 rings (SSSR count). The fourth-order valence-electron chi connectivity index (χ4n) is 2.00. The third-order valence-electron chi connectivity index (χ3n) is 3.08. The van der Waals surface area contributed by atoms with Crippen molar-refractivity contribution < 1.29 is 4.74 Å². The maximum absolute atomic E-state index is 12.3. The molecule has 2 N–H and O–H groups in total. The maximum Gasteiger partial charge on any atom is 0.255 e. The van der Waals surface area contributed by atoms with Crippen LogP contribution < -0.4 is 11.3 Å². The average molecular weight is 258 g/mol. The summed E-state index contributed by atoms with van der Waals surface area (Å²) in [6.07, 6.45) is 1.75. The summed E-state index contributed by atoms with van der Waals surface area (Å²) in [5.41, 5.74) is 7.65. The number of methoxy groups -OCH3 is 1. The van der Waals surface area contributed by atoms with Gasteiger partial charge in [-0.15, -0.1) is 0 Å². The van der Waals surface area contributed by atoms with E-state index in [1.54, 1.807) is 23.9 Å². The molecule has 0 bridgehead atoms. The molecule has 0 aliphatic heterocycles. The molecule has 1 aromatic carbocycles. The highest BCUT2D eigenvalue weighted by Gasteiger charge is 2.13. The molecule has 100 valence electrons. The number of benzene rings is 1. The van der Waals surface area contributed by atoms with Crippen LogP contribution in [-0.4, -0.2) is 18.3 Å². The second-order valence-corrected chi connectivity index (χ2v) is 4.34. The van der Waals surface area contributed by atoms with E-state index in [0.29, 0.717) is 18.7 Å². The van der Waals surface area contributed by atoms with Crippen molar-refractivity contribution in [1.29, 1.82) is 0 Å². The molecule has 19 heavy (non-hydrogen) atoms. The number of nitrogens with zero attached hydrogens (tertiary/aromatic N) is 1. The van der Waals surface area contributed by atoms with Crippen LogP contribution >= 0.6 is 0 Å². The molecule has 0 aliphatic carbocycles. The van der Waals surface area contributed by atoms with Crippen molar-refractivity contribution in [2.45, 2.75) is 12.6 Å². The van der Waals surface area contributed by atoms with Crippen LogP contribution in [0, 0.1) is 0 Å². The van der Waals surface area contributed by atoms with Crippen molar-refractivity contribution in [2.75, 3.05) is 13.7 Å². The van der Waals surface area contributed by atoms with E-state index in [1.165, 1.54) is 0 Å². The van der Waals surface area contributed by atoms with Crippen molar-refractivity contribution in [3.63, 3.8) is 0 Å². The van der Waals surface area contributed by atoms with E-state index in [4.69, 9.17) is 10.5 Å². The Morgan fingerprint density at radius 2 is 1.95 bits per heavy atom. The van der Waals surface area contributed by atoms with Gasteiger partial charge in [-0.3, -0.25) is 4.79 Å². The maximum atomic E-state index is 12.3. The van der Waals surface area contributed by atoms with Crippen LogP contribution in [0.5, 0.6) is 0 Å². The van der Waals surface area contributed by atoms with Crippen molar-refractivity contribution >= 4 is 0 Å². The summed E-state index contributed by atoms with van der Waals surface area (Å²) < 4.78 is 6.62. The van der Waals surface area contributed by atoms with Crippen LogP contribution in [0.25, 0.3) is 0 Å². The predicted molar refractivity (Wildman–Crippen MR) is 75.1 cm³/mol. The van der Waals surface area contributed by atoms with Gasteiger partial charge in [0.05, 0.1) is 12.6 Å². The Balaban J connectivity index is 2.32. The second-order valence-electron chi connectivity index (χ2n) is 4.34. The molecule has 0 amide bonds. The van der Waals surface area contributed by atoms with Crippen molar-refractivity contribution in [2.24, 2.45) is 5.73 Å². The van der Waals surface area contributed by atoms with Crippen LogP contribution in [0.3, 0.4) is 0 Å². The lowest BCUT2D eigenvalue weighted by molar-refractivity contribution is 0.186. The Labute approximate surface area is 112 Å². The van der Waals surface area contributed by atoms with Gasteiger partial charge in [-0.1, -0.05) is 36.4 Å². The first-order chi connectivity index (χ1) is 9.24. The first kappa shape index (κ1) is 13.5. The van der Waals surface area contributed by atoms with Crippen LogP contribution in [0.2, 0.25) is 0 Å². The van der Waals surface area contributed by atoms with Crippen LogP contribution in [0.15, 0.2) is 53.5 Å². The average Bonchev–Trinajstić information content (AvgIpc) is 2.46. The molecule has 1 unspecified atom stereocenters. The van der Waals surface area contributed by atoms with Gasteiger partial charge >= 0.3 is 0 Å². The Hall–Kier alpha value is -1.91. The van der Waals surface area contributed by atoms with Gasteiger partial charge in [-0.25, -0.2) is 0 Å². The van der Waals surface area contributed by atoms with Gasteiger partial charge in [0, 0.05) is 25.4 Å². The van der Waals surface area contributed by atoms with Crippen LogP contribution in [-0.2, 0) is 11.3 Å². The highest BCUT2D eigenvalue weighted by atomic mass is 16.5. The molecule has 0 aliphatic rings. The molecule has 0 spiro atoms. The lowest BCUT2D eigenvalue weighted by atomic mass is 10.0. The van der Waals surface area contributed by atoms with Crippen LogP contribution in [0.1, 0.15) is 17.2 Å². The van der Waals surface area contributed by atoms with Gasteiger partial charge < -0.3 is 15.0 Å². The molecule has 4 heteroatoms. The molecule has 0 radical (unpaired) electrons. The fraction of sp³-hybridized carbons (Fsp3) is 0.267. The SMILES string of the molecule is COCCn1cccc(C(N)c2ccccc2)c1=O. The number of hydrogen-bond acceptors (Lipinski definition) is 3. The van der Waals surface area contributed by atoms with Gasteiger partial charge in [0.25, 0.3) is 5.56 Å². The number of pyridine rings is 1. The third-order valence-corrected chi connectivity index (χ3v) is 3.08. The Kier molecular flexibility index (Phi) is 4.49. The summed E-state index contributed by atoms with van der Waals surface area (Å²) in [6, 6.07) is 12.8. The zero-order chi connectivity index (χ0) is 13.7. The lowest BCUT2D eigenvalue weighted by Gasteiger charge is -2.13. The van der Waals surface area contributed by atoms with Gasteiger partial charge in [-0.2, -0.15) is 0 Å². The topological polar surface area (TPSA) is 57.2 Å². The molecule has 1 heterocycles. The summed E-state index contributed by atoms with van der Waals surface area (Å²) in [4.78, 5) is 12.3. The standard InChI is InChI=1S/C15H18N2O2/c1-19-11-10-17-9-5-8-13(15(17)18)14(16)12-6-3-2-4-7-12/h2-9,14H,10-11,16H2,1H3. The van der Waals surface area contributed by atoms with E-state index < -0.39 is 6.04 Å². The molecule has 1 atom stereocenters. The molecule has 2 aromatic rings. The minimum absolute atomic E-state index is 0.0593. The molecule has 0 fully saturated rings. The van der Waals surface area contributed by atoms with E-state index in [9.17, 15) is 4.79 Å². The number of nitrogens with two attached hydrogens (primary N) is 1. The van der Waals surface area contributed by atoms with Gasteiger partial charge in [0.2, 0.25) is 0 Å². The summed E-state index contributed by atoms with van der Waals surface area (Å²) in [6.45, 7) is 1.04. The largest absolute Gasteiger partial charge is 0.383 e. The predicted octanol–water partition coefficient (Wildman–Crippen LogP) is 1.54.